The lowest BCUT2D eigenvalue weighted by Gasteiger charge is -2.11. The van der Waals surface area contributed by atoms with E-state index in [1.807, 2.05) is 4.72 Å². The molecule has 0 bridgehead atoms. The lowest BCUT2D eigenvalue weighted by Crippen LogP contribution is -2.34. The van der Waals surface area contributed by atoms with Crippen molar-refractivity contribution in [3.8, 4) is 0 Å². The Morgan fingerprint density at radius 3 is 2.75 bits per heavy atom. The zero-order valence-corrected chi connectivity index (χ0v) is 11.3. The highest BCUT2D eigenvalue weighted by molar-refractivity contribution is 7.89. The van der Waals surface area contributed by atoms with Crippen LogP contribution in [0.4, 0.5) is 10.1 Å². The van der Waals surface area contributed by atoms with Crippen LogP contribution in [0.1, 0.15) is 0 Å². The highest BCUT2D eigenvalue weighted by Gasteiger charge is 2.26. The molecule has 1 aromatic carbocycles. The van der Waals surface area contributed by atoms with Crippen molar-refractivity contribution in [3.63, 3.8) is 0 Å². The summed E-state index contributed by atoms with van der Waals surface area (Å²) in [4.78, 5) is 9.07. The van der Waals surface area contributed by atoms with E-state index in [0.29, 0.717) is 6.07 Å². The molecular weight excluding hydrogens is 295 g/mol. The maximum Gasteiger partial charge on any atom is 0.292 e. The number of nitrogens with zero attached hydrogens (tertiary/aromatic N) is 1. The van der Waals surface area contributed by atoms with E-state index in [4.69, 9.17) is 0 Å². The number of methoxy groups -OCH3 is 1. The van der Waals surface area contributed by atoms with Gasteiger partial charge in [0.15, 0.2) is 4.90 Å². The molecule has 2 N–H and O–H groups in total. The first kappa shape index (κ1) is 16.4. The van der Waals surface area contributed by atoms with Crippen molar-refractivity contribution in [2.75, 3.05) is 20.3 Å². The van der Waals surface area contributed by atoms with Gasteiger partial charge in [-0.1, -0.05) is 0 Å². The van der Waals surface area contributed by atoms with Crippen LogP contribution < -0.4 is 4.72 Å². The first-order valence-corrected chi connectivity index (χ1v) is 6.87. The fraction of sp³-hybridized carbons (Fsp3) is 0.400. The van der Waals surface area contributed by atoms with E-state index in [9.17, 15) is 28.0 Å². The summed E-state index contributed by atoms with van der Waals surface area (Å²) in [6, 6.07) is 2.10. The summed E-state index contributed by atoms with van der Waals surface area (Å²) in [6.07, 6.45) is -1.10. The Bertz CT molecular complexity index is 591. The summed E-state index contributed by atoms with van der Waals surface area (Å²) in [5.41, 5.74) is -0.876. The number of nitrogens with one attached hydrogen (secondary N) is 1. The standard InChI is InChI=1S/C10H13FN2O6S/c1-19-6-8(14)5-12-20(17,18)10-3-2-7(11)4-9(10)13(15)16/h2-4,8,12,14H,5-6H2,1H3. The normalized spacial score (nSPS) is 13.2. The van der Waals surface area contributed by atoms with Gasteiger partial charge in [0.05, 0.1) is 23.7 Å². The van der Waals surface area contributed by atoms with Crippen LogP contribution in [0.25, 0.3) is 0 Å². The molecule has 0 aliphatic carbocycles. The molecule has 20 heavy (non-hydrogen) atoms. The summed E-state index contributed by atoms with van der Waals surface area (Å²) >= 11 is 0. The van der Waals surface area contributed by atoms with Gasteiger partial charge in [-0.25, -0.2) is 17.5 Å². The number of rotatable bonds is 7. The molecule has 0 aliphatic rings. The van der Waals surface area contributed by atoms with Crippen LogP contribution in [0.2, 0.25) is 0 Å². The molecule has 8 nitrogen and oxygen atoms in total. The number of hydrogen-bond donors (Lipinski definition) is 2. The monoisotopic (exact) mass is 308 g/mol. The summed E-state index contributed by atoms with van der Waals surface area (Å²) in [5, 5.41) is 20.1. The third-order valence-electron chi connectivity index (χ3n) is 2.28. The molecule has 0 aliphatic heterocycles. The van der Waals surface area contributed by atoms with E-state index in [1.54, 1.807) is 0 Å². The molecule has 1 unspecified atom stereocenters. The highest BCUT2D eigenvalue weighted by atomic mass is 32.2. The summed E-state index contributed by atoms with van der Waals surface area (Å²) in [6.45, 7) is -0.487. The van der Waals surface area contributed by atoms with Crippen molar-refractivity contribution in [3.05, 3.63) is 34.1 Å². The molecule has 0 amide bonds. The van der Waals surface area contributed by atoms with Crippen LogP contribution in [-0.2, 0) is 14.8 Å². The predicted molar refractivity (Wildman–Crippen MR) is 66.1 cm³/mol. The summed E-state index contributed by atoms with van der Waals surface area (Å²) in [5.74, 6) is -0.921. The molecule has 0 spiro atoms. The van der Waals surface area contributed by atoms with Gasteiger partial charge in [0.2, 0.25) is 10.0 Å². The van der Waals surface area contributed by atoms with Gasteiger partial charge in [0, 0.05) is 13.7 Å². The fourth-order valence-electron chi connectivity index (χ4n) is 1.40. The number of aliphatic hydroxyl groups is 1. The largest absolute Gasteiger partial charge is 0.389 e. The lowest BCUT2D eigenvalue weighted by molar-refractivity contribution is -0.388. The molecule has 0 radical (unpaired) electrons. The second-order valence-electron chi connectivity index (χ2n) is 3.83. The van der Waals surface area contributed by atoms with Gasteiger partial charge >= 0.3 is 0 Å². The number of hydrogen-bond acceptors (Lipinski definition) is 6. The fourth-order valence-corrected chi connectivity index (χ4v) is 2.62. The molecule has 0 fully saturated rings. The predicted octanol–water partition coefficient (Wildman–Crippen LogP) is 0.0195. The van der Waals surface area contributed by atoms with E-state index in [1.165, 1.54) is 7.11 Å². The maximum absolute atomic E-state index is 12.9. The Balaban J connectivity index is 3.01. The highest BCUT2D eigenvalue weighted by Crippen LogP contribution is 2.24. The van der Waals surface area contributed by atoms with E-state index in [0.717, 1.165) is 12.1 Å². The van der Waals surface area contributed by atoms with Crippen molar-refractivity contribution >= 4 is 15.7 Å². The molecule has 1 atom stereocenters. The molecule has 0 aromatic heterocycles. The minimum absolute atomic E-state index is 0.103. The second kappa shape index (κ2) is 6.70. The maximum atomic E-state index is 12.9. The average molecular weight is 308 g/mol. The first-order chi connectivity index (χ1) is 9.27. The zero-order chi connectivity index (χ0) is 15.3. The van der Waals surface area contributed by atoms with Gasteiger partial charge < -0.3 is 9.84 Å². The molecule has 0 saturated heterocycles. The van der Waals surface area contributed by atoms with Crippen LogP contribution in [0, 0.1) is 15.9 Å². The number of halogens is 1. The van der Waals surface area contributed by atoms with Gasteiger partial charge in [-0.05, 0) is 12.1 Å². The molecule has 10 heteroatoms. The molecule has 1 aromatic rings. The van der Waals surface area contributed by atoms with Crippen molar-refractivity contribution in [2.24, 2.45) is 0 Å². The Kier molecular flexibility index (Phi) is 5.51. The summed E-state index contributed by atoms with van der Waals surface area (Å²) in [7, 11) is -2.92. The van der Waals surface area contributed by atoms with Crippen LogP contribution in [0.3, 0.4) is 0 Å². The number of benzene rings is 1. The van der Waals surface area contributed by atoms with Crippen LogP contribution >= 0.6 is 0 Å². The number of aliphatic hydroxyl groups excluding tert-OH is 1. The van der Waals surface area contributed by atoms with E-state index < -0.39 is 37.5 Å². The van der Waals surface area contributed by atoms with Gasteiger partial charge in [-0.15, -0.1) is 0 Å². The van der Waals surface area contributed by atoms with Crippen molar-refractivity contribution in [1.82, 2.24) is 4.72 Å². The molecule has 1 rings (SSSR count). The lowest BCUT2D eigenvalue weighted by atomic mass is 10.3. The Labute approximate surface area is 114 Å². The van der Waals surface area contributed by atoms with Gasteiger partial charge in [0.25, 0.3) is 5.69 Å². The number of nitro benzene ring substituents is 1. The van der Waals surface area contributed by atoms with Gasteiger partial charge in [0.1, 0.15) is 5.82 Å². The third-order valence-corrected chi connectivity index (χ3v) is 3.75. The number of nitro groups is 1. The average Bonchev–Trinajstić information content (AvgIpc) is 2.36. The zero-order valence-electron chi connectivity index (χ0n) is 10.4. The Morgan fingerprint density at radius 2 is 2.20 bits per heavy atom. The minimum atomic E-state index is -4.24. The Morgan fingerprint density at radius 1 is 1.55 bits per heavy atom. The van der Waals surface area contributed by atoms with Gasteiger partial charge in [-0.3, -0.25) is 10.1 Å². The van der Waals surface area contributed by atoms with E-state index in [2.05, 4.69) is 4.74 Å². The van der Waals surface area contributed by atoms with Crippen molar-refractivity contribution < 1.29 is 27.6 Å². The second-order valence-corrected chi connectivity index (χ2v) is 5.57. The quantitative estimate of drug-likeness (QED) is 0.541. The van der Waals surface area contributed by atoms with Crippen LogP contribution in [0.15, 0.2) is 23.1 Å². The molecule has 0 saturated carbocycles. The van der Waals surface area contributed by atoms with Crippen molar-refractivity contribution in [1.29, 1.82) is 0 Å². The van der Waals surface area contributed by atoms with Crippen molar-refractivity contribution in [2.45, 2.75) is 11.0 Å². The third kappa shape index (κ3) is 4.20. The SMILES string of the molecule is COCC(O)CNS(=O)(=O)c1ccc(F)cc1[N+](=O)[O-]. The molecule has 112 valence electrons. The molecule has 0 heterocycles. The minimum Gasteiger partial charge on any atom is -0.389 e. The number of ether oxygens (including phenoxy) is 1. The number of sulfonamides is 1. The topological polar surface area (TPSA) is 119 Å². The van der Waals surface area contributed by atoms with Gasteiger partial charge in [-0.2, -0.15) is 0 Å². The van der Waals surface area contributed by atoms with E-state index >= 15 is 0 Å². The first-order valence-electron chi connectivity index (χ1n) is 5.38. The summed E-state index contributed by atoms with van der Waals surface area (Å²) < 4.78 is 43.3. The Hall–Kier alpha value is -1.62. The van der Waals surface area contributed by atoms with Crippen LogP contribution in [-0.4, -0.2) is 44.8 Å². The van der Waals surface area contributed by atoms with E-state index in [-0.39, 0.29) is 13.2 Å². The molecular formula is C10H13FN2O6S. The van der Waals surface area contributed by atoms with Crippen LogP contribution in [0.5, 0.6) is 0 Å². The smallest absolute Gasteiger partial charge is 0.292 e.